The molecule has 4 N–H and O–H groups in total. The lowest BCUT2D eigenvalue weighted by Crippen LogP contribution is -2.39. The minimum atomic E-state index is -0.545. The molecule has 1 aromatic heterocycles. The number of hydrazine groups is 1. The van der Waals surface area contributed by atoms with Gasteiger partial charge >= 0.3 is 6.03 Å². The number of urea groups is 1. The van der Waals surface area contributed by atoms with Crippen molar-refractivity contribution in [3.05, 3.63) is 12.4 Å². The first kappa shape index (κ1) is 23.1. The van der Waals surface area contributed by atoms with Gasteiger partial charge in [-0.1, -0.05) is 64.7 Å². The SMILES string of the molecule is C=C(OO)c1nsc(NNC(=O)NOCCCCCCCCCCCC)n1. The van der Waals surface area contributed by atoms with E-state index in [2.05, 4.69) is 44.1 Å². The van der Waals surface area contributed by atoms with Crippen LogP contribution < -0.4 is 16.3 Å². The number of hydrogen-bond acceptors (Lipinski definition) is 8. The molecule has 1 aromatic rings. The van der Waals surface area contributed by atoms with Crippen LogP contribution in [0.4, 0.5) is 9.93 Å². The Morgan fingerprint density at radius 2 is 1.74 bits per heavy atom. The van der Waals surface area contributed by atoms with Gasteiger partial charge in [-0.3, -0.25) is 10.3 Å². The zero-order chi connectivity index (χ0) is 19.7. The third-order valence-electron chi connectivity index (χ3n) is 3.83. The van der Waals surface area contributed by atoms with E-state index in [1.54, 1.807) is 0 Å². The number of unbranched alkanes of at least 4 members (excludes halogenated alkanes) is 9. The molecular formula is C17H31N5O4S. The molecule has 10 heteroatoms. The molecule has 0 atom stereocenters. The van der Waals surface area contributed by atoms with Gasteiger partial charge in [0.2, 0.25) is 16.7 Å². The molecule has 9 nitrogen and oxygen atoms in total. The molecule has 1 rings (SSSR count). The Morgan fingerprint density at radius 3 is 2.37 bits per heavy atom. The molecule has 0 unspecified atom stereocenters. The molecule has 0 fully saturated rings. The van der Waals surface area contributed by atoms with Gasteiger partial charge in [0, 0.05) is 11.5 Å². The number of hydrogen-bond donors (Lipinski definition) is 4. The summed E-state index contributed by atoms with van der Waals surface area (Å²) in [7, 11) is 0. The van der Waals surface area contributed by atoms with Crippen molar-refractivity contribution in [3.8, 4) is 0 Å². The Balaban J connectivity index is 1.93. The summed E-state index contributed by atoms with van der Waals surface area (Å²) in [5.74, 6) is 0.0491. The highest BCUT2D eigenvalue weighted by Gasteiger charge is 2.09. The molecule has 0 saturated heterocycles. The third kappa shape index (κ3) is 11.4. The van der Waals surface area contributed by atoms with Gasteiger partial charge in [0.15, 0.2) is 0 Å². The maximum Gasteiger partial charge on any atom is 0.357 e. The summed E-state index contributed by atoms with van der Waals surface area (Å²) < 4.78 is 3.88. The summed E-state index contributed by atoms with van der Waals surface area (Å²) in [6.45, 7) is 6.12. The number of aromatic nitrogens is 2. The van der Waals surface area contributed by atoms with E-state index >= 15 is 0 Å². The highest BCUT2D eigenvalue weighted by molar-refractivity contribution is 7.09. The third-order valence-corrected chi connectivity index (χ3v) is 4.46. The summed E-state index contributed by atoms with van der Waals surface area (Å²) in [5, 5.41) is 8.78. The summed E-state index contributed by atoms with van der Waals surface area (Å²) in [4.78, 5) is 24.6. The van der Waals surface area contributed by atoms with Crippen LogP contribution in [0.3, 0.4) is 0 Å². The topological polar surface area (TPSA) is 118 Å². The van der Waals surface area contributed by atoms with Crippen LogP contribution in [0.25, 0.3) is 5.76 Å². The van der Waals surface area contributed by atoms with Crippen molar-refractivity contribution in [1.82, 2.24) is 20.3 Å². The lowest BCUT2D eigenvalue weighted by Gasteiger charge is -2.07. The standard InChI is InChI=1S/C17H31N5O4S/c1-3-4-5-6-7-8-9-10-11-12-13-25-21-16(23)19-20-17-18-15(22-27-17)14(2)26-24/h24H,2-13H2,1H3,(H,18,20,22)(H2,19,21,23). The first-order valence-electron chi connectivity index (χ1n) is 9.45. The van der Waals surface area contributed by atoms with E-state index in [4.69, 9.17) is 10.1 Å². The van der Waals surface area contributed by atoms with Crippen LogP contribution in [0.15, 0.2) is 6.58 Å². The van der Waals surface area contributed by atoms with Crippen molar-refractivity contribution in [2.45, 2.75) is 71.1 Å². The van der Waals surface area contributed by atoms with Crippen molar-refractivity contribution >= 4 is 28.5 Å². The van der Waals surface area contributed by atoms with Crippen LogP contribution in [-0.4, -0.2) is 27.3 Å². The minimum absolute atomic E-state index is 0.0800. The first-order valence-corrected chi connectivity index (χ1v) is 10.2. The number of rotatable bonds is 16. The Labute approximate surface area is 164 Å². The zero-order valence-electron chi connectivity index (χ0n) is 16.0. The van der Waals surface area contributed by atoms with Crippen LogP contribution in [0, 0.1) is 0 Å². The van der Waals surface area contributed by atoms with E-state index in [9.17, 15) is 4.79 Å². The smallest absolute Gasteiger partial charge is 0.337 e. The lowest BCUT2D eigenvalue weighted by atomic mass is 10.1. The lowest BCUT2D eigenvalue weighted by molar-refractivity contribution is -0.170. The molecule has 154 valence electrons. The monoisotopic (exact) mass is 401 g/mol. The van der Waals surface area contributed by atoms with E-state index in [0.29, 0.717) is 11.7 Å². The second-order valence-electron chi connectivity index (χ2n) is 6.15. The van der Waals surface area contributed by atoms with Crippen LogP contribution in [0.2, 0.25) is 0 Å². The summed E-state index contributed by atoms with van der Waals surface area (Å²) in [6, 6.07) is -0.545. The minimum Gasteiger partial charge on any atom is -0.337 e. The maximum absolute atomic E-state index is 11.6. The number of nitrogens with zero attached hydrogens (tertiary/aromatic N) is 2. The Hall–Kier alpha value is -1.91. The second-order valence-corrected chi connectivity index (χ2v) is 6.90. The van der Waals surface area contributed by atoms with Gasteiger partial charge in [-0.15, -0.1) is 0 Å². The van der Waals surface area contributed by atoms with Crippen molar-refractivity contribution in [2.75, 3.05) is 12.0 Å². The van der Waals surface area contributed by atoms with E-state index in [-0.39, 0.29) is 11.6 Å². The van der Waals surface area contributed by atoms with Crippen LogP contribution in [-0.2, 0) is 9.73 Å². The Kier molecular flexibility index (Phi) is 13.0. The number of amides is 2. The average Bonchev–Trinajstić information content (AvgIpc) is 3.15. The van der Waals surface area contributed by atoms with Gasteiger partial charge in [0.05, 0.1) is 6.61 Å². The van der Waals surface area contributed by atoms with Crippen molar-refractivity contribution in [2.24, 2.45) is 0 Å². The number of carbonyl (C=O) groups excluding carboxylic acids is 1. The largest absolute Gasteiger partial charge is 0.357 e. The summed E-state index contributed by atoms with van der Waals surface area (Å²) >= 11 is 0.974. The summed E-state index contributed by atoms with van der Waals surface area (Å²) in [6.07, 6.45) is 12.5. The molecule has 2 amide bonds. The van der Waals surface area contributed by atoms with Crippen molar-refractivity contribution < 1.29 is 19.8 Å². The van der Waals surface area contributed by atoms with Gasteiger partial charge in [-0.25, -0.2) is 21.0 Å². The van der Waals surface area contributed by atoms with Gasteiger partial charge in [0.25, 0.3) is 0 Å². The maximum atomic E-state index is 11.6. The van der Waals surface area contributed by atoms with E-state index in [1.807, 2.05) is 0 Å². The van der Waals surface area contributed by atoms with E-state index in [1.165, 1.54) is 51.4 Å². The molecule has 0 radical (unpaired) electrons. The van der Waals surface area contributed by atoms with Gasteiger partial charge in [-0.05, 0) is 13.0 Å². The van der Waals surface area contributed by atoms with Crippen LogP contribution >= 0.6 is 11.5 Å². The number of carbonyl (C=O) groups is 1. The molecule has 1 heterocycles. The van der Waals surface area contributed by atoms with Crippen molar-refractivity contribution in [1.29, 1.82) is 0 Å². The molecule has 0 bridgehead atoms. The van der Waals surface area contributed by atoms with Gasteiger partial charge in [0.1, 0.15) is 0 Å². The van der Waals surface area contributed by atoms with E-state index < -0.39 is 6.03 Å². The zero-order valence-corrected chi connectivity index (χ0v) is 16.8. The quantitative estimate of drug-likeness (QED) is 0.140. The fourth-order valence-corrected chi connectivity index (χ4v) is 2.88. The molecular weight excluding hydrogens is 370 g/mol. The predicted octanol–water partition coefficient (Wildman–Crippen LogP) is 4.48. The predicted molar refractivity (Wildman–Crippen MR) is 106 cm³/mol. The molecule has 0 aliphatic heterocycles. The normalized spacial score (nSPS) is 10.4. The molecule has 27 heavy (non-hydrogen) atoms. The summed E-state index contributed by atoms with van der Waals surface area (Å²) in [5.41, 5.74) is 7.21. The number of anilines is 1. The second kappa shape index (κ2) is 15.2. The van der Waals surface area contributed by atoms with Crippen molar-refractivity contribution in [3.63, 3.8) is 0 Å². The van der Waals surface area contributed by atoms with Gasteiger partial charge in [-0.2, -0.15) is 9.36 Å². The highest BCUT2D eigenvalue weighted by Crippen LogP contribution is 2.15. The van der Waals surface area contributed by atoms with Gasteiger partial charge < -0.3 is 4.89 Å². The molecule has 0 spiro atoms. The molecule has 0 saturated carbocycles. The Bertz CT molecular complexity index is 541. The van der Waals surface area contributed by atoms with Crippen LogP contribution in [0.1, 0.15) is 77.0 Å². The molecule has 0 aromatic carbocycles. The number of hydroxylamine groups is 1. The Morgan fingerprint density at radius 1 is 1.11 bits per heavy atom. The molecule has 0 aliphatic carbocycles. The van der Waals surface area contributed by atoms with E-state index in [0.717, 1.165) is 24.4 Å². The average molecular weight is 402 g/mol. The fraction of sp³-hybridized carbons (Fsp3) is 0.706. The molecule has 0 aliphatic rings. The number of nitrogens with one attached hydrogen (secondary N) is 3. The first-order chi connectivity index (χ1) is 13.2. The highest BCUT2D eigenvalue weighted by atomic mass is 32.1. The fourth-order valence-electron chi connectivity index (χ4n) is 2.34. The van der Waals surface area contributed by atoms with Crippen LogP contribution in [0.5, 0.6) is 0 Å².